The molecule has 0 heterocycles. The van der Waals surface area contributed by atoms with Gasteiger partial charge in [0.25, 0.3) is 0 Å². The lowest BCUT2D eigenvalue weighted by atomic mass is 9.95. The lowest BCUT2D eigenvalue weighted by Crippen LogP contribution is -2.12. The molecule has 0 aromatic heterocycles. The standard InChI is InChI=1S/C7H11F/c1-6-4-2-3-5-7(6)8/h3,5-7H,2,4H2,1H3. The van der Waals surface area contributed by atoms with E-state index in [0.717, 1.165) is 12.8 Å². The van der Waals surface area contributed by atoms with E-state index in [9.17, 15) is 4.39 Å². The Labute approximate surface area is 49.4 Å². The van der Waals surface area contributed by atoms with Gasteiger partial charge in [0.05, 0.1) is 0 Å². The molecular weight excluding hydrogens is 103 g/mol. The molecule has 8 heavy (non-hydrogen) atoms. The van der Waals surface area contributed by atoms with Crippen molar-refractivity contribution >= 4 is 0 Å². The van der Waals surface area contributed by atoms with Gasteiger partial charge in [0.1, 0.15) is 6.17 Å². The van der Waals surface area contributed by atoms with Crippen molar-refractivity contribution in [2.45, 2.75) is 25.9 Å². The van der Waals surface area contributed by atoms with Crippen molar-refractivity contribution in [3.63, 3.8) is 0 Å². The van der Waals surface area contributed by atoms with Gasteiger partial charge in [0.15, 0.2) is 0 Å². The lowest BCUT2D eigenvalue weighted by molar-refractivity contribution is 0.275. The minimum atomic E-state index is -0.677. The van der Waals surface area contributed by atoms with E-state index in [1.165, 1.54) is 0 Å². The second-order valence-electron chi connectivity index (χ2n) is 2.43. The highest BCUT2D eigenvalue weighted by atomic mass is 19.1. The molecule has 0 saturated carbocycles. The molecular formula is C7H11F. The van der Waals surface area contributed by atoms with Gasteiger partial charge < -0.3 is 0 Å². The normalized spacial score (nSPS) is 37.8. The second kappa shape index (κ2) is 2.29. The van der Waals surface area contributed by atoms with Crippen LogP contribution in [-0.2, 0) is 0 Å². The Morgan fingerprint density at radius 2 is 2.38 bits per heavy atom. The van der Waals surface area contributed by atoms with Crippen LogP contribution in [0.15, 0.2) is 12.2 Å². The first kappa shape index (κ1) is 5.80. The van der Waals surface area contributed by atoms with Gasteiger partial charge in [-0.05, 0) is 18.8 Å². The summed E-state index contributed by atoms with van der Waals surface area (Å²) in [6.07, 6.45) is 4.97. The monoisotopic (exact) mass is 114 g/mol. The van der Waals surface area contributed by atoms with Crippen LogP contribution in [0.4, 0.5) is 4.39 Å². The predicted molar refractivity (Wildman–Crippen MR) is 32.4 cm³/mol. The van der Waals surface area contributed by atoms with E-state index in [1.54, 1.807) is 6.08 Å². The predicted octanol–water partition coefficient (Wildman–Crippen LogP) is 2.31. The van der Waals surface area contributed by atoms with Crippen molar-refractivity contribution in [3.05, 3.63) is 12.2 Å². The molecule has 1 aliphatic carbocycles. The smallest absolute Gasteiger partial charge is 0.121 e. The third kappa shape index (κ3) is 1.09. The number of rotatable bonds is 0. The summed E-state index contributed by atoms with van der Waals surface area (Å²) in [4.78, 5) is 0. The summed E-state index contributed by atoms with van der Waals surface area (Å²) in [6.45, 7) is 1.95. The summed E-state index contributed by atoms with van der Waals surface area (Å²) in [7, 11) is 0. The van der Waals surface area contributed by atoms with Crippen LogP contribution in [0.1, 0.15) is 19.8 Å². The quantitative estimate of drug-likeness (QED) is 0.424. The highest BCUT2D eigenvalue weighted by Crippen LogP contribution is 2.19. The van der Waals surface area contributed by atoms with Crippen LogP contribution in [0, 0.1) is 5.92 Å². The molecule has 0 nitrogen and oxygen atoms in total. The number of alkyl halides is 1. The first-order chi connectivity index (χ1) is 3.80. The van der Waals surface area contributed by atoms with Gasteiger partial charge in [-0.2, -0.15) is 0 Å². The van der Waals surface area contributed by atoms with Crippen LogP contribution in [0.5, 0.6) is 0 Å². The van der Waals surface area contributed by atoms with Crippen LogP contribution < -0.4 is 0 Å². The lowest BCUT2D eigenvalue weighted by Gasteiger charge is -2.15. The second-order valence-corrected chi connectivity index (χ2v) is 2.43. The van der Waals surface area contributed by atoms with E-state index >= 15 is 0 Å². The van der Waals surface area contributed by atoms with E-state index in [1.807, 2.05) is 13.0 Å². The van der Waals surface area contributed by atoms with Crippen molar-refractivity contribution in [1.29, 1.82) is 0 Å². The molecule has 0 aromatic rings. The Balaban J connectivity index is 2.47. The first-order valence-corrected chi connectivity index (χ1v) is 3.11. The topological polar surface area (TPSA) is 0 Å². The van der Waals surface area contributed by atoms with Crippen molar-refractivity contribution in [2.24, 2.45) is 5.92 Å². The maximum Gasteiger partial charge on any atom is 0.121 e. The summed E-state index contributed by atoms with van der Waals surface area (Å²) in [6, 6.07) is 0. The fourth-order valence-corrected chi connectivity index (χ4v) is 0.934. The summed E-state index contributed by atoms with van der Waals surface area (Å²) in [5, 5.41) is 0. The summed E-state index contributed by atoms with van der Waals surface area (Å²) in [5.74, 6) is 0.250. The molecule has 0 aromatic carbocycles. The maximum atomic E-state index is 12.5. The average Bonchev–Trinajstić information content (AvgIpc) is 1.77. The maximum absolute atomic E-state index is 12.5. The van der Waals surface area contributed by atoms with Crippen LogP contribution in [0.3, 0.4) is 0 Å². The van der Waals surface area contributed by atoms with Crippen molar-refractivity contribution in [1.82, 2.24) is 0 Å². The number of halogens is 1. The van der Waals surface area contributed by atoms with Crippen LogP contribution in [0.25, 0.3) is 0 Å². The van der Waals surface area contributed by atoms with Crippen molar-refractivity contribution in [2.75, 3.05) is 0 Å². The fourth-order valence-electron chi connectivity index (χ4n) is 0.934. The Morgan fingerprint density at radius 3 is 2.75 bits per heavy atom. The van der Waals surface area contributed by atoms with E-state index < -0.39 is 6.17 Å². The highest BCUT2D eigenvalue weighted by Gasteiger charge is 2.14. The van der Waals surface area contributed by atoms with Crippen LogP contribution in [0.2, 0.25) is 0 Å². The molecule has 0 saturated heterocycles. The van der Waals surface area contributed by atoms with Crippen molar-refractivity contribution in [3.8, 4) is 0 Å². The SMILES string of the molecule is CC1CCC=CC1F. The summed E-state index contributed by atoms with van der Waals surface area (Å²) < 4.78 is 12.5. The third-order valence-electron chi connectivity index (χ3n) is 1.65. The summed E-state index contributed by atoms with van der Waals surface area (Å²) in [5.41, 5.74) is 0. The molecule has 0 fully saturated rings. The first-order valence-electron chi connectivity index (χ1n) is 3.11. The van der Waals surface area contributed by atoms with Crippen LogP contribution >= 0.6 is 0 Å². The van der Waals surface area contributed by atoms with E-state index in [4.69, 9.17) is 0 Å². The number of hydrogen-bond donors (Lipinski definition) is 0. The zero-order chi connectivity index (χ0) is 5.98. The van der Waals surface area contributed by atoms with Crippen LogP contribution in [-0.4, -0.2) is 6.17 Å². The third-order valence-corrected chi connectivity index (χ3v) is 1.65. The van der Waals surface area contributed by atoms with Gasteiger partial charge in [0.2, 0.25) is 0 Å². The molecule has 1 heteroatoms. The molecule has 1 aliphatic rings. The molecule has 0 amide bonds. The fraction of sp³-hybridized carbons (Fsp3) is 0.714. The molecule has 46 valence electrons. The molecule has 0 N–H and O–H groups in total. The van der Waals surface area contributed by atoms with Crippen molar-refractivity contribution < 1.29 is 4.39 Å². The Kier molecular flexibility index (Phi) is 1.66. The van der Waals surface area contributed by atoms with E-state index in [2.05, 4.69) is 0 Å². The number of hydrogen-bond acceptors (Lipinski definition) is 0. The minimum Gasteiger partial charge on any atom is -0.243 e. The van der Waals surface area contributed by atoms with Gasteiger partial charge in [-0.25, -0.2) is 4.39 Å². The zero-order valence-electron chi connectivity index (χ0n) is 5.10. The molecule has 0 radical (unpaired) electrons. The molecule has 0 spiro atoms. The Morgan fingerprint density at radius 1 is 1.62 bits per heavy atom. The zero-order valence-corrected chi connectivity index (χ0v) is 5.10. The Hall–Kier alpha value is -0.330. The highest BCUT2D eigenvalue weighted by molar-refractivity contribution is 4.96. The molecule has 2 unspecified atom stereocenters. The largest absolute Gasteiger partial charge is 0.243 e. The molecule has 1 rings (SSSR count). The van der Waals surface area contributed by atoms with Gasteiger partial charge in [-0.3, -0.25) is 0 Å². The van der Waals surface area contributed by atoms with Gasteiger partial charge in [0, 0.05) is 0 Å². The minimum absolute atomic E-state index is 0.250. The molecule has 2 atom stereocenters. The number of allylic oxidation sites excluding steroid dienone is 2. The van der Waals surface area contributed by atoms with E-state index in [-0.39, 0.29) is 5.92 Å². The Bertz CT molecular complexity index is 96.6. The average molecular weight is 114 g/mol. The molecule has 0 bridgehead atoms. The van der Waals surface area contributed by atoms with E-state index in [0.29, 0.717) is 0 Å². The molecule has 0 aliphatic heterocycles. The van der Waals surface area contributed by atoms with Gasteiger partial charge in [-0.15, -0.1) is 0 Å². The van der Waals surface area contributed by atoms with Gasteiger partial charge >= 0.3 is 0 Å². The summed E-state index contributed by atoms with van der Waals surface area (Å²) >= 11 is 0. The van der Waals surface area contributed by atoms with Gasteiger partial charge in [-0.1, -0.05) is 19.1 Å².